The van der Waals surface area contributed by atoms with Crippen LogP contribution in [-0.4, -0.2) is 29.5 Å². The first-order chi connectivity index (χ1) is 12.5. The molecular weight excluding hydrogens is 354 g/mol. The molecular formula is C19H19NO5S. The quantitative estimate of drug-likeness (QED) is 0.225. The number of nitro groups is 1. The molecule has 0 bridgehead atoms. The Morgan fingerprint density at radius 3 is 2.42 bits per heavy atom. The van der Waals surface area contributed by atoms with Gasteiger partial charge in [-0.2, -0.15) is 0 Å². The highest BCUT2D eigenvalue weighted by Gasteiger charge is 2.23. The molecule has 0 aliphatic rings. The molecule has 0 aliphatic carbocycles. The van der Waals surface area contributed by atoms with Gasteiger partial charge in [-0.1, -0.05) is 37.6 Å². The van der Waals surface area contributed by atoms with Crippen molar-refractivity contribution in [3.8, 4) is 0 Å². The Labute approximate surface area is 155 Å². The van der Waals surface area contributed by atoms with Gasteiger partial charge in [0.1, 0.15) is 5.56 Å². The number of ketones is 1. The molecule has 0 aromatic heterocycles. The summed E-state index contributed by atoms with van der Waals surface area (Å²) in [4.78, 5) is 35.5. The Balaban J connectivity index is 2.08. The van der Waals surface area contributed by atoms with Crippen LogP contribution in [0.25, 0.3) is 0 Å². The predicted molar refractivity (Wildman–Crippen MR) is 99.9 cm³/mol. The minimum Gasteiger partial charge on any atom is -0.454 e. The van der Waals surface area contributed by atoms with Gasteiger partial charge in [0, 0.05) is 16.5 Å². The summed E-state index contributed by atoms with van der Waals surface area (Å²) in [6.45, 7) is 1.61. The normalized spacial score (nSPS) is 10.4. The van der Waals surface area contributed by atoms with Crippen LogP contribution in [0.5, 0.6) is 0 Å². The molecule has 6 nitrogen and oxygen atoms in total. The summed E-state index contributed by atoms with van der Waals surface area (Å²) in [5.41, 5.74) is 1.06. The number of carbonyl (C=O) groups excluding carboxylic acids is 2. The largest absolute Gasteiger partial charge is 0.454 e. The van der Waals surface area contributed by atoms with Gasteiger partial charge in [-0.25, -0.2) is 4.79 Å². The van der Waals surface area contributed by atoms with Crippen LogP contribution < -0.4 is 0 Å². The van der Waals surface area contributed by atoms with Crippen LogP contribution in [0.2, 0.25) is 0 Å². The van der Waals surface area contributed by atoms with Gasteiger partial charge < -0.3 is 4.74 Å². The fraction of sp³-hybridized carbons (Fsp3) is 0.263. The van der Waals surface area contributed by atoms with Gasteiger partial charge in [0.15, 0.2) is 12.4 Å². The molecule has 0 unspecified atom stereocenters. The van der Waals surface area contributed by atoms with E-state index in [1.165, 1.54) is 23.9 Å². The molecule has 0 saturated carbocycles. The first-order valence-corrected chi connectivity index (χ1v) is 9.30. The molecule has 2 rings (SSSR count). The summed E-state index contributed by atoms with van der Waals surface area (Å²) in [5, 5.41) is 11.1. The SMILES string of the molecule is CCCc1ccc(C(=O)COC(=O)c2cc(SC)ccc2[N+](=O)[O-])cc1. The van der Waals surface area contributed by atoms with E-state index < -0.39 is 17.5 Å². The van der Waals surface area contributed by atoms with E-state index in [0.29, 0.717) is 10.5 Å². The average Bonchev–Trinajstić information content (AvgIpc) is 2.66. The third-order valence-corrected chi connectivity index (χ3v) is 4.49. The van der Waals surface area contributed by atoms with E-state index in [1.54, 1.807) is 24.5 Å². The molecule has 0 radical (unpaired) electrons. The predicted octanol–water partition coefficient (Wildman–Crippen LogP) is 4.31. The molecule has 0 fully saturated rings. The van der Waals surface area contributed by atoms with E-state index >= 15 is 0 Å². The summed E-state index contributed by atoms with van der Waals surface area (Å²) in [6.07, 6.45) is 3.74. The number of aryl methyl sites for hydroxylation is 1. The maximum Gasteiger partial charge on any atom is 0.345 e. The van der Waals surface area contributed by atoms with Crippen molar-refractivity contribution in [3.63, 3.8) is 0 Å². The van der Waals surface area contributed by atoms with Gasteiger partial charge in [-0.3, -0.25) is 14.9 Å². The minimum atomic E-state index is -0.886. The number of esters is 1. The Morgan fingerprint density at radius 2 is 1.85 bits per heavy atom. The fourth-order valence-electron chi connectivity index (χ4n) is 2.40. The third kappa shape index (κ3) is 4.92. The van der Waals surface area contributed by atoms with Gasteiger partial charge >= 0.3 is 5.97 Å². The van der Waals surface area contributed by atoms with Crippen LogP contribution in [0.4, 0.5) is 5.69 Å². The van der Waals surface area contributed by atoms with Crippen molar-refractivity contribution in [2.24, 2.45) is 0 Å². The lowest BCUT2D eigenvalue weighted by molar-refractivity contribution is -0.385. The van der Waals surface area contributed by atoms with Crippen LogP contribution in [-0.2, 0) is 11.2 Å². The van der Waals surface area contributed by atoms with Gasteiger partial charge in [0.05, 0.1) is 4.92 Å². The Hall–Kier alpha value is -2.67. The Bertz CT molecular complexity index is 817. The lowest BCUT2D eigenvalue weighted by Gasteiger charge is -2.07. The van der Waals surface area contributed by atoms with Crippen LogP contribution in [0.3, 0.4) is 0 Å². The average molecular weight is 373 g/mol. The molecule has 0 N–H and O–H groups in total. The molecule has 0 aliphatic heterocycles. The highest BCUT2D eigenvalue weighted by molar-refractivity contribution is 7.98. The van der Waals surface area contributed by atoms with Crippen molar-refractivity contribution in [1.82, 2.24) is 0 Å². The number of rotatable bonds is 8. The number of ether oxygens (including phenoxy) is 1. The van der Waals surface area contributed by atoms with Gasteiger partial charge in [-0.05, 0) is 30.4 Å². The van der Waals surface area contributed by atoms with E-state index in [0.717, 1.165) is 18.4 Å². The molecule has 2 aromatic carbocycles. The van der Waals surface area contributed by atoms with E-state index in [9.17, 15) is 19.7 Å². The maximum absolute atomic E-state index is 12.2. The molecule has 136 valence electrons. The third-order valence-electron chi connectivity index (χ3n) is 3.77. The smallest absolute Gasteiger partial charge is 0.345 e. The minimum absolute atomic E-state index is 0.159. The second-order valence-electron chi connectivity index (χ2n) is 5.59. The number of benzene rings is 2. The molecule has 0 heterocycles. The number of nitro benzene ring substituents is 1. The molecule has 0 atom stereocenters. The van der Waals surface area contributed by atoms with Crippen molar-refractivity contribution in [1.29, 1.82) is 0 Å². The van der Waals surface area contributed by atoms with Gasteiger partial charge in [-0.15, -0.1) is 11.8 Å². The molecule has 26 heavy (non-hydrogen) atoms. The second-order valence-corrected chi connectivity index (χ2v) is 6.47. The van der Waals surface area contributed by atoms with Gasteiger partial charge in [0.25, 0.3) is 5.69 Å². The summed E-state index contributed by atoms with van der Waals surface area (Å²) in [7, 11) is 0. The van der Waals surface area contributed by atoms with Crippen molar-refractivity contribution < 1.29 is 19.2 Å². The topological polar surface area (TPSA) is 86.5 Å². The van der Waals surface area contributed by atoms with Crippen molar-refractivity contribution >= 4 is 29.2 Å². The Kier molecular flexibility index (Phi) is 6.91. The zero-order valence-electron chi connectivity index (χ0n) is 14.6. The number of thioether (sulfide) groups is 1. The number of Topliss-reactive ketones (excluding diaryl/α,β-unsaturated/α-hetero) is 1. The number of carbonyl (C=O) groups is 2. The van der Waals surface area contributed by atoms with Crippen LogP contribution >= 0.6 is 11.8 Å². The standard InChI is InChI=1S/C19H19NO5S/c1-3-4-13-5-7-14(8-6-13)18(21)12-25-19(22)16-11-15(26-2)9-10-17(16)20(23)24/h5-11H,3-4,12H2,1-2H3. The molecule has 0 saturated heterocycles. The first-order valence-electron chi connectivity index (χ1n) is 8.08. The van der Waals surface area contributed by atoms with E-state index in [2.05, 4.69) is 6.92 Å². The van der Waals surface area contributed by atoms with Crippen LogP contribution in [0.1, 0.15) is 39.6 Å². The summed E-state index contributed by atoms with van der Waals surface area (Å²) < 4.78 is 5.01. The number of nitrogens with zero attached hydrogens (tertiary/aromatic N) is 1. The lowest BCUT2D eigenvalue weighted by Crippen LogP contribution is -2.15. The van der Waals surface area contributed by atoms with Crippen LogP contribution in [0, 0.1) is 10.1 Å². The van der Waals surface area contributed by atoms with E-state index in [-0.39, 0.29) is 17.0 Å². The number of hydrogen-bond donors (Lipinski definition) is 0. The number of hydrogen-bond acceptors (Lipinski definition) is 6. The first kappa shape index (κ1) is 19.7. The highest BCUT2D eigenvalue weighted by atomic mass is 32.2. The van der Waals surface area contributed by atoms with Crippen LogP contribution in [0.15, 0.2) is 47.4 Å². The van der Waals surface area contributed by atoms with E-state index in [1.807, 2.05) is 12.1 Å². The Morgan fingerprint density at radius 1 is 1.15 bits per heavy atom. The van der Waals surface area contributed by atoms with Gasteiger partial charge in [0.2, 0.25) is 0 Å². The summed E-state index contributed by atoms with van der Waals surface area (Å²) >= 11 is 1.35. The summed E-state index contributed by atoms with van der Waals surface area (Å²) in [5.74, 6) is -1.24. The van der Waals surface area contributed by atoms with Crippen molar-refractivity contribution in [3.05, 3.63) is 69.3 Å². The maximum atomic E-state index is 12.2. The zero-order chi connectivity index (χ0) is 19.1. The van der Waals surface area contributed by atoms with E-state index in [4.69, 9.17) is 4.74 Å². The zero-order valence-corrected chi connectivity index (χ0v) is 15.4. The molecule has 2 aromatic rings. The molecule has 7 heteroatoms. The molecule has 0 spiro atoms. The van der Waals surface area contributed by atoms with Crippen molar-refractivity contribution in [2.45, 2.75) is 24.7 Å². The molecule has 0 amide bonds. The highest BCUT2D eigenvalue weighted by Crippen LogP contribution is 2.25. The van der Waals surface area contributed by atoms with Crippen molar-refractivity contribution in [2.75, 3.05) is 12.9 Å². The second kappa shape index (κ2) is 9.15. The monoisotopic (exact) mass is 373 g/mol. The lowest BCUT2D eigenvalue weighted by atomic mass is 10.1. The summed E-state index contributed by atoms with van der Waals surface area (Å²) in [6, 6.07) is 11.3. The fourth-order valence-corrected chi connectivity index (χ4v) is 2.84.